The molecule has 0 unspecified atom stereocenters. The van der Waals surface area contributed by atoms with Crippen LogP contribution in [-0.2, 0) is 4.79 Å². The lowest BCUT2D eigenvalue weighted by molar-refractivity contribution is -0.115. The van der Waals surface area contributed by atoms with Crippen molar-refractivity contribution in [2.75, 3.05) is 13.2 Å². The molecule has 5 nitrogen and oxygen atoms in total. The molecule has 3 rings (SSSR count). The Morgan fingerprint density at radius 3 is 2.38 bits per heavy atom. The molecule has 1 aliphatic rings. The Hall–Kier alpha value is -2.44. The number of rotatable bonds is 7. The van der Waals surface area contributed by atoms with Crippen LogP contribution in [0, 0.1) is 5.41 Å². The van der Waals surface area contributed by atoms with Crippen molar-refractivity contribution in [3.63, 3.8) is 0 Å². The summed E-state index contributed by atoms with van der Waals surface area (Å²) in [6.07, 6.45) is 2.42. The van der Waals surface area contributed by atoms with Crippen molar-refractivity contribution in [1.82, 2.24) is 5.32 Å². The molecule has 0 radical (unpaired) electrons. The number of thioether (sulfide) groups is 1. The van der Waals surface area contributed by atoms with Crippen LogP contribution in [0.2, 0.25) is 5.02 Å². The van der Waals surface area contributed by atoms with Crippen LogP contribution in [0.25, 0.3) is 6.08 Å². The zero-order valence-corrected chi connectivity index (χ0v) is 15.4. The Morgan fingerprint density at radius 2 is 1.69 bits per heavy atom. The highest BCUT2D eigenvalue weighted by Crippen LogP contribution is 2.28. The van der Waals surface area contributed by atoms with E-state index >= 15 is 0 Å². The third-order valence-corrected chi connectivity index (χ3v) is 4.65. The monoisotopic (exact) mass is 388 g/mol. The molecule has 0 spiro atoms. The molecule has 134 valence electrons. The molecule has 1 heterocycles. The minimum absolute atomic E-state index is 0.136. The number of amidine groups is 1. The lowest BCUT2D eigenvalue weighted by Crippen LogP contribution is -2.18. The van der Waals surface area contributed by atoms with E-state index in [-0.39, 0.29) is 11.1 Å². The molecular formula is C19H17ClN2O3S. The third-order valence-electron chi connectivity index (χ3n) is 3.51. The van der Waals surface area contributed by atoms with Crippen LogP contribution < -0.4 is 14.8 Å². The first-order chi connectivity index (χ1) is 12.6. The summed E-state index contributed by atoms with van der Waals surface area (Å²) in [5.74, 6) is 1.08. The molecule has 7 heteroatoms. The number of carbonyl (C=O) groups is 1. The van der Waals surface area contributed by atoms with Crippen molar-refractivity contribution >= 4 is 40.5 Å². The molecule has 26 heavy (non-hydrogen) atoms. The van der Waals surface area contributed by atoms with Crippen LogP contribution in [0.3, 0.4) is 0 Å². The first-order valence-corrected chi connectivity index (χ1v) is 9.21. The van der Waals surface area contributed by atoms with Crippen molar-refractivity contribution in [3.05, 3.63) is 64.0 Å². The average Bonchev–Trinajstić information content (AvgIpc) is 2.94. The van der Waals surface area contributed by atoms with Gasteiger partial charge in [-0.05, 0) is 36.0 Å². The largest absolute Gasteiger partial charge is 0.493 e. The Labute approximate surface area is 160 Å². The van der Waals surface area contributed by atoms with E-state index in [2.05, 4.69) is 5.32 Å². The van der Waals surface area contributed by atoms with Gasteiger partial charge in [0.15, 0.2) is 5.17 Å². The Bertz CT molecular complexity index is 854. The number of carbonyl (C=O) groups excluding carboxylic acids is 1. The molecule has 2 N–H and O–H groups in total. The van der Waals surface area contributed by atoms with Gasteiger partial charge < -0.3 is 14.8 Å². The average molecular weight is 389 g/mol. The predicted octanol–water partition coefficient (Wildman–Crippen LogP) is 4.33. The van der Waals surface area contributed by atoms with Crippen LogP contribution in [-0.4, -0.2) is 24.3 Å². The van der Waals surface area contributed by atoms with Gasteiger partial charge >= 0.3 is 0 Å². The molecule has 1 amide bonds. The van der Waals surface area contributed by atoms with Crippen LogP contribution in [0.15, 0.2) is 53.4 Å². The molecule has 2 aromatic carbocycles. The van der Waals surface area contributed by atoms with Gasteiger partial charge in [0.2, 0.25) is 0 Å². The number of nitrogens with one attached hydrogen (secondary N) is 2. The number of halogens is 1. The first kappa shape index (κ1) is 18.4. The van der Waals surface area contributed by atoms with E-state index in [1.165, 1.54) is 0 Å². The van der Waals surface area contributed by atoms with Gasteiger partial charge in [-0.2, -0.15) is 0 Å². The third kappa shape index (κ3) is 4.80. The van der Waals surface area contributed by atoms with Crippen molar-refractivity contribution in [2.24, 2.45) is 0 Å². The number of hydrogen-bond acceptors (Lipinski definition) is 5. The second-order valence-corrected chi connectivity index (χ2v) is 6.87. The van der Waals surface area contributed by atoms with Gasteiger partial charge in [0.05, 0.1) is 23.1 Å². The SMILES string of the molecule is N=C1NC(=O)C(=Cc2ccccc2OCCCOc2ccccc2Cl)S1. The highest BCUT2D eigenvalue weighted by atomic mass is 35.5. The Balaban J connectivity index is 1.54. The highest BCUT2D eigenvalue weighted by Gasteiger charge is 2.22. The summed E-state index contributed by atoms with van der Waals surface area (Å²) in [6.45, 7) is 0.961. The predicted molar refractivity (Wildman–Crippen MR) is 105 cm³/mol. The second-order valence-electron chi connectivity index (χ2n) is 5.41. The quantitative estimate of drug-likeness (QED) is 0.547. The van der Waals surface area contributed by atoms with E-state index in [0.717, 1.165) is 17.3 Å². The summed E-state index contributed by atoms with van der Waals surface area (Å²) in [7, 11) is 0. The molecule has 1 fully saturated rings. The fourth-order valence-corrected chi connectivity index (χ4v) is 3.18. The fourth-order valence-electron chi connectivity index (χ4n) is 2.30. The number of amides is 1. The van der Waals surface area contributed by atoms with Gasteiger partial charge in [-0.3, -0.25) is 10.2 Å². The van der Waals surface area contributed by atoms with Crippen LogP contribution in [0.1, 0.15) is 12.0 Å². The zero-order valence-electron chi connectivity index (χ0n) is 13.8. The summed E-state index contributed by atoms with van der Waals surface area (Å²) in [6, 6.07) is 14.8. The molecule has 0 bridgehead atoms. The van der Waals surface area contributed by atoms with Crippen molar-refractivity contribution in [3.8, 4) is 11.5 Å². The Kier molecular flexibility index (Phi) is 6.20. The molecule has 1 saturated heterocycles. The second kappa shape index (κ2) is 8.78. The lowest BCUT2D eigenvalue weighted by Gasteiger charge is -2.11. The van der Waals surface area contributed by atoms with Crippen LogP contribution in [0.4, 0.5) is 0 Å². The minimum Gasteiger partial charge on any atom is -0.493 e. The smallest absolute Gasteiger partial charge is 0.264 e. The molecule has 2 aromatic rings. The first-order valence-electron chi connectivity index (χ1n) is 8.02. The summed E-state index contributed by atoms with van der Waals surface area (Å²) in [5, 5.41) is 10.7. The molecule has 0 aliphatic carbocycles. The van der Waals surface area contributed by atoms with Crippen LogP contribution in [0.5, 0.6) is 11.5 Å². The van der Waals surface area contributed by atoms with Crippen molar-refractivity contribution in [1.29, 1.82) is 5.41 Å². The van der Waals surface area contributed by atoms with E-state index in [1.807, 2.05) is 42.5 Å². The maximum atomic E-state index is 11.8. The zero-order chi connectivity index (χ0) is 18.4. The van der Waals surface area contributed by atoms with Gasteiger partial charge in [0.1, 0.15) is 11.5 Å². The van der Waals surface area contributed by atoms with Crippen molar-refractivity contribution in [2.45, 2.75) is 6.42 Å². The van der Waals surface area contributed by atoms with Crippen molar-refractivity contribution < 1.29 is 14.3 Å². The number of para-hydroxylation sites is 2. The van der Waals surface area contributed by atoms with E-state index in [0.29, 0.717) is 41.1 Å². The normalized spacial score (nSPS) is 15.2. The van der Waals surface area contributed by atoms with Gasteiger partial charge in [0, 0.05) is 12.0 Å². The highest BCUT2D eigenvalue weighted by molar-refractivity contribution is 8.18. The van der Waals surface area contributed by atoms with Crippen LogP contribution >= 0.6 is 23.4 Å². The maximum absolute atomic E-state index is 11.8. The topological polar surface area (TPSA) is 71.4 Å². The van der Waals surface area contributed by atoms with E-state index in [4.69, 9.17) is 26.5 Å². The summed E-state index contributed by atoms with van der Waals surface area (Å²) < 4.78 is 11.5. The molecule has 1 aliphatic heterocycles. The fraction of sp³-hybridized carbons (Fsp3) is 0.158. The number of benzene rings is 2. The summed E-state index contributed by atoms with van der Waals surface area (Å²) >= 11 is 7.15. The standard InChI is InChI=1S/C19H17ClN2O3S/c20-14-7-2-4-9-16(14)25-11-5-10-24-15-8-3-1-6-13(15)12-17-18(23)22-19(21)26-17/h1-4,6-9,12H,5,10-11H2,(H2,21,22,23). The summed E-state index contributed by atoms with van der Waals surface area (Å²) in [5.41, 5.74) is 0.798. The maximum Gasteiger partial charge on any atom is 0.264 e. The number of hydrogen-bond donors (Lipinski definition) is 2. The summed E-state index contributed by atoms with van der Waals surface area (Å²) in [4.78, 5) is 12.2. The van der Waals surface area contributed by atoms with Gasteiger partial charge in [-0.1, -0.05) is 41.9 Å². The minimum atomic E-state index is -0.261. The van der Waals surface area contributed by atoms with E-state index < -0.39 is 0 Å². The lowest BCUT2D eigenvalue weighted by atomic mass is 10.2. The van der Waals surface area contributed by atoms with E-state index in [9.17, 15) is 4.79 Å². The molecule has 0 saturated carbocycles. The molecule has 0 aromatic heterocycles. The molecular weight excluding hydrogens is 372 g/mol. The van der Waals surface area contributed by atoms with Gasteiger partial charge in [-0.25, -0.2) is 0 Å². The number of ether oxygens (including phenoxy) is 2. The molecule has 0 atom stereocenters. The Morgan fingerprint density at radius 1 is 1.04 bits per heavy atom. The van der Waals surface area contributed by atoms with Gasteiger partial charge in [0.25, 0.3) is 5.91 Å². The van der Waals surface area contributed by atoms with E-state index in [1.54, 1.807) is 12.1 Å². The van der Waals surface area contributed by atoms with Gasteiger partial charge in [-0.15, -0.1) is 0 Å².